The van der Waals surface area contributed by atoms with E-state index in [1.807, 2.05) is 30.3 Å². The smallest absolute Gasteiger partial charge is 0.238 e. The number of fused-ring (bicyclic) bond motifs is 2. The molecule has 27 heavy (non-hydrogen) atoms. The van der Waals surface area contributed by atoms with E-state index >= 15 is 0 Å². The zero-order valence-corrected chi connectivity index (χ0v) is 16.0. The van der Waals surface area contributed by atoms with Gasteiger partial charge in [0, 0.05) is 31.2 Å². The predicted octanol–water partition coefficient (Wildman–Crippen LogP) is 3.03. The molecule has 0 spiro atoms. The van der Waals surface area contributed by atoms with Crippen molar-refractivity contribution in [3.8, 4) is 0 Å². The molecule has 3 aliphatic rings. The lowest BCUT2D eigenvalue weighted by molar-refractivity contribution is -0.124. The number of hydrogen-bond donors (Lipinski definition) is 2. The van der Waals surface area contributed by atoms with Gasteiger partial charge in [-0.1, -0.05) is 24.6 Å². The lowest BCUT2D eigenvalue weighted by atomic mass is 9.86. The molecule has 2 amide bonds. The van der Waals surface area contributed by atoms with E-state index in [0.717, 1.165) is 49.9 Å². The molecule has 2 saturated carbocycles. The third-order valence-electron chi connectivity index (χ3n) is 6.71. The highest BCUT2D eigenvalue weighted by Crippen LogP contribution is 2.49. The quantitative estimate of drug-likeness (QED) is 0.810. The Morgan fingerprint density at radius 2 is 1.74 bits per heavy atom. The molecule has 4 rings (SSSR count). The topological polar surface area (TPSA) is 61.4 Å². The molecule has 3 atom stereocenters. The minimum Gasteiger partial charge on any atom is -0.353 e. The number of nitrogens with one attached hydrogen (secondary N) is 2. The molecule has 0 radical (unpaired) electrons. The molecule has 5 nitrogen and oxygen atoms in total. The summed E-state index contributed by atoms with van der Waals surface area (Å²) in [6.07, 6.45) is 7.95. The van der Waals surface area contributed by atoms with E-state index in [9.17, 15) is 9.59 Å². The van der Waals surface area contributed by atoms with Crippen LogP contribution in [0, 0.1) is 17.8 Å². The zero-order chi connectivity index (χ0) is 18.6. The Hall–Kier alpha value is -1.88. The van der Waals surface area contributed by atoms with E-state index in [-0.39, 0.29) is 17.9 Å². The average Bonchev–Trinajstić information content (AvgIpc) is 3.27. The summed E-state index contributed by atoms with van der Waals surface area (Å²) < 4.78 is 0. The summed E-state index contributed by atoms with van der Waals surface area (Å²) in [4.78, 5) is 26.8. The van der Waals surface area contributed by atoms with Crippen LogP contribution in [0.1, 0.15) is 44.9 Å². The largest absolute Gasteiger partial charge is 0.353 e. The van der Waals surface area contributed by atoms with E-state index in [1.54, 1.807) is 0 Å². The highest BCUT2D eigenvalue weighted by Gasteiger charge is 2.40. The lowest BCUT2D eigenvalue weighted by Gasteiger charge is -2.32. The van der Waals surface area contributed by atoms with Crippen molar-refractivity contribution in [1.29, 1.82) is 0 Å². The van der Waals surface area contributed by atoms with Gasteiger partial charge in [-0.05, 0) is 62.0 Å². The predicted molar refractivity (Wildman–Crippen MR) is 106 cm³/mol. The Morgan fingerprint density at radius 1 is 0.963 bits per heavy atom. The number of nitrogens with zero attached hydrogens (tertiary/aromatic N) is 1. The summed E-state index contributed by atoms with van der Waals surface area (Å²) in [7, 11) is 0. The summed E-state index contributed by atoms with van der Waals surface area (Å²) in [5.74, 6) is 2.61. The fourth-order valence-corrected chi connectivity index (χ4v) is 5.31. The van der Waals surface area contributed by atoms with Crippen molar-refractivity contribution >= 4 is 17.5 Å². The van der Waals surface area contributed by atoms with E-state index in [0.29, 0.717) is 12.5 Å². The summed E-state index contributed by atoms with van der Waals surface area (Å²) in [5.41, 5.74) is 0.838. The van der Waals surface area contributed by atoms with E-state index in [2.05, 4.69) is 15.5 Å². The van der Waals surface area contributed by atoms with Crippen molar-refractivity contribution < 1.29 is 9.59 Å². The van der Waals surface area contributed by atoms with Gasteiger partial charge in [0.05, 0.1) is 6.54 Å². The van der Waals surface area contributed by atoms with Gasteiger partial charge in [0.15, 0.2) is 0 Å². The molecular formula is C22H31N3O2. The number of rotatable bonds is 6. The molecule has 0 aromatic heterocycles. The average molecular weight is 370 g/mol. The van der Waals surface area contributed by atoms with E-state index < -0.39 is 0 Å². The number of likely N-dealkylation sites (tertiary alicyclic amines) is 1. The number of carbonyl (C=O) groups is 2. The second-order valence-corrected chi connectivity index (χ2v) is 8.67. The number of piperidine rings is 1. The molecular weight excluding hydrogens is 338 g/mol. The van der Waals surface area contributed by atoms with Crippen LogP contribution in [-0.4, -0.2) is 42.4 Å². The number of amides is 2. The Kier molecular flexibility index (Phi) is 5.77. The molecule has 146 valence electrons. The van der Waals surface area contributed by atoms with Gasteiger partial charge < -0.3 is 10.6 Å². The van der Waals surface area contributed by atoms with Crippen molar-refractivity contribution in [1.82, 2.24) is 10.2 Å². The summed E-state index contributed by atoms with van der Waals surface area (Å²) in [5, 5.41) is 6.19. The van der Waals surface area contributed by atoms with Crippen LogP contribution in [-0.2, 0) is 9.59 Å². The van der Waals surface area contributed by atoms with Crippen LogP contribution in [0.15, 0.2) is 30.3 Å². The second-order valence-electron chi connectivity index (χ2n) is 8.67. The first-order valence-corrected chi connectivity index (χ1v) is 10.5. The Morgan fingerprint density at radius 3 is 2.41 bits per heavy atom. The molecule has 1 saturated heterocycles. The zero-order valence-electron chi connectivity index (χ0n) is 16.0. The lowest BCUT2D eigenvalue weighted by Crippen LogP contribution is -2.46. The van der Waals surface area contributed by atoms with Gasteiger partial charge in [-0.3, -0.25) is 14.5 Å². The van der Waals surface area contributed by atoms with Crippen molar-refractivity contribution in [3.05, 3.63) is 30.3 Å². The third kappa shape index (κ3) is 4.89. The first-order chi connectivity index (χ1) is 13.2. The molecule has 2 aliphatic carbocycles. The third-order valence-corrected chi connectivity index (χ3v) is 6.71. The Labute approximate surface area is 161 Å². The van der Waals surface area contributed by atoms with Crippen LogP contribution < -0.4 is 10.6 Å². The van der Waals surface area contributed by atoms with Crippen LogP contribution in [0.25, 0.3) is 0 Å². The Balaban J connectivity index is 1.14. The molecule has 1 aromatic carbocycles. The van der Waals surface area contributed by atoms with Crippen LogP contribution in [0.3, 0.4) is 0 Å². The molecule has 1 aromatic rings. The fraction of sp³-hybridized carbons (Fsp3) is 0.636. The molecule has 3 fully saturated rings. The van der Waals surface area contributed by atoms with Crippen LogP contribution in [0.5, 0.6) is 0 Å². The van der Waals surface area contributed by atoms with Crippen molar-refractivity contribution in [2.45, 2.75) is 51.0 Å². The summed E-state index contributed by atoms with van der Waals surface area (Å²) >= 11 is 0. The van der Waals surface area contributed by atoms with Gasteiger partial charge in [0.2, 0.25) is 11.8 Å². The molecule has 1 aliphatic heterocycles. The monoisotopic (exact) mass is 369 g/mol. The summed E-state index contributed by atoms with van der Waals surface area (Å²) in [6.45, 7) is 2.14. The maximum atomic E-state index is 12.4. The molecule has 2 bridgehead atoms. The van der Waals surface area contributed by atoms with E-state index in [4.69, 9.17) is 0 Å². The molecule has 3 unspecified atom stereocenters. The number of para-hydroxylation sites is 1. The van der Waals surface area contributed by atoms with Gasteiger partial charge >= 0.3 is 0 Å². The number of benzene rings is 1. The van der Waals surface area contributed by atoms with Gasteiger partial charge in [-0.2, -0.15) is 0 Å². The van der Waals surface area contributed by atoms with Crippen LogP contribution in [0.4, 0.5) is 5.69 Å². The van der Waals surface area contributed by atoms with Crippen LogP contribution in [0.2, 0.25) is 0 Å². The van der Waals surface area contributed by atoms with Gasteiger partial charge in [0.25, 0.3) is 0 Å². The molecule has 5 heteroatoms. The Bertz CT molecular complexity index is 655. The first kappa shape index (κ1) is 18.5. The van der Waals surface area contributed by atoms with Gasteiger partial charge in [0.1, 0.15) is 0 Å². The van der Waals surface area contributed by atoms with Gasteiger partial charge in [-0.25, -0.2) is 0 Å². The van der Waals surface area contributed by atoms with Crippen LogP contribution >= 0.6 is 0 Å². The number of anilines is 1. The number of carbonyl (C=O) groups excluding carboxylic acids is 2. The first-order valence-electron chi connectivity index (χ1n) is 10.5. The fourth-order valence-electron chi connectivity index (χ4n) is 5.31. The summed E-state index contributed by atoms with van der Waals surface area (Å²) in [6, 6.07) is 9.84. The highest BCUT2D eigenvalue weighted by atomic mass is 16.2. The highest BCUT2D eigenvalue weighted by molar-refractivity contribution is 5.92. The normalized spacial score (nSPS) is 28.2. The van der Waals surface area contributed by atoms with Crippen molar-refractivity contribution in [2.75, 3.05) is 25.0 Å². The maximum absolute atomic E-state index is 12.4. The minimum atomic E-state index is 0.0278. The van der Waals surface area contributed by atoms with Crippen molar-refractivity contribution in [2.24, 2.45) is 17.8 Å². The number of hydrogen-bond acceptors (Lipinski definition) is 3. The SMILES string of the molecule is O=C(CN1CCC(NC(=O)CC2CC3CCC2C3)CC1)Nc1ccccc1. The maximum Gasteiger partial charge on any atom is 0.238 e. The van der Waals surface area contributed by atoms with Crippen molar-refractivity contribution in [3.63, 3.8) is 0 Å². The van der Waals surface area contributed by atoms with E-state index in [1.165, 1.54) is 25.7 Å². The molecule has 1 heterocycles. The standard InChI is InChI=1S/C22H31N3O2/c26-21(14-18-13-16-6-7-17(18)12-16)23-20-8-10-25(11-9-20)15-22(27)24-19-4-2-1-3-5-19/h1-5,16-18,20H,6-15H2,(H,23,26)(H,24,27). The molecule has 2 N–H and O–H groups in total. The minimum absolute atomic E-state index is 0.0278. The second kappa shape index (κ2) is 8.42. The van der Waals surface area contributed by atoms with Gasteiger partial charge in [-0.15, -0.1) is 0 Å².